The minimum absolute atomic E-state index is 0.280. The Morgan fingerprint density at radius 3 is 2.39 bits per heavy atom. The molecule has 172 valence electrons. The largest absolute Gasteiger partial charge is 0.324 e. The summed E-state index contributed by atoms with van der Waals surface area (Å²) in [6.07, 6.45) is 7.66. The quantitative estimate of drug-likeness (QED) is 0.382. The Morgan fingerprint density at radius 1 is 1.00 bits per heavy atom. The van der Waals surface area contributed by atoms with Crippen LogP contribution in [-0.4, -0.2) is 39.3 Å². The first-order valence-corrected chi connectivity index (χ1v) is 12.4. The van der Waals surface area contributed by atoms with Crippen molar-refractivity contribution in [3.63, 3.8) is 0 Å². The molecule has 7 nitrogen and oxygen atoms in total. The minimum atomic E-state index is -3.68. The second kappa shape index (κ2) is 9.41. The van der Waals surface area contributed by atoms with Crippen molar-refractivity contribution in [1.82, 2.24) is 23.8 Å². The Hall–Kier alpha value is -3.10. The van der Waals surface area contributed by atoms with Crippen LogP contribution in [0.4, 0.5) is 0 Å². The summed E-state index contributed by atoms with van der Waals surface area (Å²) < 4.78 is 30.5. The van der Waals surface area contributed by atoms with Gasteiger partial charge < -0.3 is 4.57 Å². The molecule has 0 fully saturated rings. The first kappa shape index (κ1) is 23.1. The number of hydrogen-bond donors (Lipinski definition) is 0. The third kappa shape index (κ3) is 4.82. The van der Waals surface area contributed by atoms with Gasteiger partial charge in [0.25, 0.3) is 0 Å². The van der Waals surface area contributed by atoms with E-state index in [0.29, 0.717) is 18.9 Å². The van der Waals surface area contributed by atoms with E-state index in [1.165, 1.54) is 4.31 Å². The van der Waals surface area contributed by atoms with Gasteiger partial charge in [0.1, 0.15) is 11.3 Å². The van der Waals surface area contributed by atoms with Crippen LogP contribution < -0.4 is 0 Å². The molecule has 0 radical (unpaired) electrons. The molecular formula is C25H29N5O2S. The Bertz CT molecular complexity index is 1330. The van der Waals surface area contributed by atoms with Crippen LogP contribution in [0.2, 0.25) is 0 Å². The Kier molecular flexibility index (Phi) is 6.58. The Labute approximate surface area is 195 Å². The zero-order valence-electron chi connectivity index (χ0n) is 19.4. The second-order valence-corrected chi connectivity index (χ2v) is 10.7. The average molecular weight is 464 g/mol. The number of pyridine rings is 2. The van der Waals surface area contributed by atoms with Gasteiger partial charge >= 0.3 is 0 Å². The molecule has 1 unspecified atom stereocenters. The molecule has 0 spiro atoms. The van der Waals surface area contributed by atoms with E-state index in [1.54, 1.807) is 44.0 Å². The number of hydrogen-bond acceptors (Lipinski definition) is 5. The lowest BCUT2D eigenvalue weighted by atomic mass is 9.98. The first-order valence-electron chi connectivity index (χ1n) is 11.0. The van der Waals surface area contributed by atoms with Crippen LogP contribution in [0.3, 0.4) is 0 Å². The molecule has 33 heavy (non-hydrogen) atoms. The van der Waals surface area contributed by atoms with Crippen molar-refractivity contribution in [1.29, 1.82) is 0 Å². The van der Waals surface area contributed by atoms with Gasteiger partial charge in [-0.05, 0) is 54.7 Å². The zero-order valence-corrected chi connectivity index (χ0v) is 20.2. The number of imidazole rings is 1. The van der Waals surface area contributed by atoms with E-state index in [4.69, 9.17) is 0 Å². The molecule has 0 aliphatic carbocycles. The summed E-state index contributed by atoms with van der Waals surface area (Å²) in [5.74, 6) is 1.22. The molecular weight excluding hydrogens is 434 g/mol. The van der Waals surface area contributed by atoms with Gasteiger partial charge in [0.15, 0.2) is 0 Å². The average Bonchev–Trinajstić information content (AvgIpc) is 3.13. The fraction of sp³-hybridized carbons (Fsp3) is 0.320. The smallest absolute Gasteiger partial charge is 0.243 e. The molecule has 0 aliphatic rings. The summed E-state index contributed by atoms with van der Waals surface area (Å²) in [5, 5.41) is 0. The molecule has 4 rings (SSSR count). The van der Waals surface area contributed by atoms with Gasteiger partial charge in [-0.25, -0.2) is 13.4 Å². The summed E-state index contributed by atoms with van der Waals surface area (Å²) in [4.78, 5) is 13.2. The maximum Gasteiger partial charge on any atom is 0.243 e. The van der Waals surface area contributed by atoms with Gasteiger partial charge in [0, 0.05) is 32.2 Å². The standard InChI is InChI=1S/C25H29N5O2S/c1-18(2)14-25(21-6-5-12-26-15-21)29(4)33(31,32)22-9-7-20(8-10-22)17-30-19(3)28-23-16-27-13-11-24(23)30/h5-13,15-16,18,25H,14,17H2,1-4H3. The molecule has 1 atom stereocenters. The molecule has 0 bridgehead atoms. The van der Waals surface area contributed by atoms with Crippen LogP contribution in [0.5, 0.6) is 0 Å². The predicted molar refractivity (Wildman–Crippen MR) is 129 cm³/mol. The van der Waals surface area contributed by atoms with Crippen LogP contribution in [0.1, 0.15) is 43.3 Å². The highest BCUT2D eigenvalue weighted by molar-refractivity contribution is 7.89. The number of nitrogens with zero attached hydrogens (tertiary/aromatic N) is 5. The van der Waals surface area contributed by atoms with Crippen LogP contribution in [0.25, 0.3) is 11.0 Å². The molecule has 0 saturated carbocycles. The summed E-state index contributed by atoms with van der Waals surface area (Å²) >= 11 is 0. The van der Waals surface area contributed by atoms with Crippen molar-refractivity contribution < 1.29 is 8.42 Å². The van der Waals surface area contributed by atoms with Crippen molar-refractivity contribution in [3.05, 3.63) is 84.2 Å². The van der Waals surface area contributed by atoms with Gasteiger partial charge in [-0.2, -0.15) is 4.31 Å². The number of benzene rings is 1. The fourth-order valence-electron chi connectivity index (χ4n) is 4.10. The fourth-order valence-corrected chi connectivity index (χ4v) is 5.45. The van der Waals surface area contributed by atoms with Crippen LogP contribution >= 0.6 is 0 Å². The first-order chi connectivity index (χ1) is 15.8. The topological polar surface area (TPSA) is 81.0 Å². The summed E-state index contributed by atoms with van der Waals surface area (Å²) in [5.41, 5.74) is 3.75. The van der Waals surface area contributed by atoms with E-state index >= 15 is 0 Å². The summed E-state index contributed by atoms with van der Waals surface area (Å²) in [6.45, 7) is 6.75. The molecule has 0 aliphatic heterocycles. The van der Waals surface area contributed by atoms with E-state index in [1.807, 2.05) is 37.3 Å². The van der Waals surface area contributed by atoms with Crippen molar-refractivity contribution >= 4 is 21.1 Å². The normalized spacial score (nSPS) is 13.2. The Morgan fingerprint density at radius 2 is 1.73 bits per heavy atom. The predicted octanol–water partition coefficient (Wildman–Crippen LogP) is 4.59. The highest BCUT2D eigenvalue weighted by atomic mass is 32.2. The van der Waals surface area contributed by atoms with Crippen molar-refractivity contribution in [2.24, 2.45) is 5.92 Å². The lowest BCUT2D eigenvalue weighted by Gasteiger charge is -2.29. The third-order valence-corrected chi connectivity index (χ3v) is 7.77. The van der Waals surface area contributed by atoms with Gasteiger partial charge in [0.05, 0.1) is 22.7 Å². The SMILES string of the molecule is Cc1nc2cnccc2n1Cc1ccc(S(=O)(=O)N(C)C(CC(C)C)c2cccnc2)cc1. The number of rotatable bonds is 8. The van der Waals surface area contributed by atoms with Crippen LogP contribution in [0.15, 0.2) is 72.1 Å². The number of sulfonamides is 1. The van der Waals surface area contributed by atoms with E-state index in [0.717, 1.165) is 28.0 Å². The van der Waals surface area contributed by atoms with E-state index in [-0.39, 0.29) is 10.9 Å². The molecule has 4 aromatic rings. The van der Waals surface area contributed by atoms with Crippen LogP contribution in [0, 0.1) is 12.8 Å². The van der Waals surface area contributed by atoms with Crippen molar-refractivity contribution in [2.75, 3.05) is 7.05 Å². The van der Waals surface area contributed by atoms with Gasteiger partial charge in [0.2, 0.25) is 10.0 Å². The monoisotopic (exact) mass is 463 g/mol. The lowest BCUT2D eigenvalue weighted by molar-refractivity contribution is 0.323. The number of fused-ring (bicyclic) bond motifs is 1. The van der Waals surface area contributed by atoms with Crippen LogP contribution in [-0.2, 0) is 16.6 Å². The highest BCUT2D eigenvalue weighted by Crippen LogP contribution is 2.31. The molecule has 0 N–H and O–H groups in total. The van der Waals surface area contributed by atoms with Crippen molar-refractivity contribution in [2.45, 2.75) is 44.7 Å². The Balaban J connectivity index is 1.59. The molecule has 1 aromatic carbocycles. The third-order valence-electron chi connectivity index (χ3n) is 5.89. The second-order valence-electron chi connectivity index (χ2n) is 8.71. The van der Waals surface area contributed by atoms with E-state index < -0.39 is 10.0 Å². The van der Waals surface area contributed by atoms with Gasteiger partial charge in [-0.15, -0.1) is 0 Å². The maximum absolute atomic E-state index is 13.5. The zero-order chi connectivity index (χ0) is 23.6. The number of aromatic nitrogens is 4. The van der Waals surface area contributed by atoms with E-state index in [2.05, 4.69) is 33.4 Å². The molecule has 8 heteroatoms. The van der Waals surface area contributed by atoms with Gasteiger partial charge in [-0.3, -0.25) is 9.97 Å². The van der Waals surface area contributed by atoms with Gasteiger partial charge in [-0.1, -0.05) is 32.0 Å². The minimum Gasteiger partial charge on any atom is -0.324 e. The molecule has 3 aromatic heterocycles. The molecule has 0 amide bonds. The highest BCUT2D eigenvalue weighted by Gasteiger charge is 2.29. The summed E-state index contributed by atoms with van der Waals surface area (Å²) in [7, 11) is -2.02. The van der Waals surface area contributed by atoms with E-state index in [9.17, 15) is 8.42 Å². The molecule has 3 heterocycles. The lowest BCUT2D eigenvalue weighted by Crippen LogP contribution is -2.32. The molecule has 0 saturated heterocycles. The number of aryl methyl sites for hydroxylation is 1. The summed E-state index contributed by atoms with van der Waals surface area (Å²) in [6, 6.07) is 12.6. The van der Waals surface area contributed by atoms with Crippen molar-refractivity contribution in [3.8, 4) is 0 Å². The maximum atomic E-state index is 13.5.